The van der Waals surface area contributed by atoms with Crippen molar-refractivity contribution in [2.45, 2.75) is 19.4 Å². The van der Waals surface area contributed by atoms with Gasteiger partial charge in [0.2, 0.25) is 0 Å². The Morgan fingerprint density at radius 1 is 1.39 bits per heavy atom. The van der Waals surface area contributed by atoms with Crippen molar-refractivity contribution >= 4 is 38.9 Å². The summed E-state index contributed by atoms with van der Waals surface area (Å²) in [5.41, 5.74) is 2.35. The van der Waals surface area contributed by atoms with Crippen LogP contribution in [0, 0.1) is 6.92 Å². The molecule has 0 aliphatic rings. The first-order valence-corrected chi connectivity index (χ1v) is 7.82. The molecular formula is C14H15BrClNS. The minimum absolute atomic E-state index is 0.244. The third-order valence-electron chi connectivity index (χ3n) is 2.96. The molecule has 0 saturated carbocycles. The van der Waals surface area contributed by atoms with E-state index in [2.05, 4.69) is 51.7 Å². The summed E-state index contributed by atoms with van der Waals surface area (Å²) in [5, 5.41) is 6.28. The van der Waals surface area contributed by atoms with E-state index in [0.29, 0.717) is 0 Å². The second-order valence-corrected chi connectivity index (χ2v) is 6.52. The molecule has 2 aromatic rings. The van der Waals surface area contributed by atoms with Gasteiger partial charge in [0.05, 0.1) is 0 Å². The molecule has 0 aliphatic heterocycles. The number of hydrogen-bond donors (Lipinski definition) is 1. The number of benzene rings is 1. The highest BCUT2D eigenvalue weighted by Crippen LogP contribution is 2.31. The fourth-order valence-electron chi connectivity index (χ4n) is 1.94. The molecule has 1 unspecified atom stereocenters. The second-order valence-electron chi connectivity index (χ2n) is 4.26. The minimum Gasteiger partial charge on any atom is -0.313 e. The summed E-state index contributed by atoms with van der Waals surface area (Å²) < 4.78 is 1.18. The first kappa shape index (κ1) is 14.1. The van der Waals surface area contributed by atoms with Crippen molar-refractivity contribution in [1.82, 2.24) is 5.32 Å². The van der Waals surface area contributed by atoms with E-state index in [1.54, 1.807) is 11.3 Å². The Hall–Kier alpha value is -0.350. The maximum atomic E-state index is 6.33. The lowest BCUT2D eigenvalue weighted by Crippen LogP contribution is -2.19. The maximum Gasteiger partial charge on any atom is 0.0456 e. The zero-order chi connectivity index (χ0) is 13.1. The van der Waals surface area contributed by atoms with Crippen molar-refractivity contribution in [3.8, 4) is 0 Å². The number of rotatable bonds is 4. The third kappa shape index (κ3) is 3.15. The second kappa shape index (κ2) is 6.20. The van der Waals surface area contributed by atoms with E-state index in [1.165, 1.54) is 14.9 Å². The van der Waals surface area contributed by atoms with Crippen LogP contribution in [0.3, 0.4) is 0 Å². The Labute approximate surface area is 125 Å². The highest BCUT2D eigenvalue weighted by molar-refractivity contribution is 9.10. The SMILES string of the molecule is CNC(Cc1sccc1Br)c1ccc(C)cc1Cl. The molecule has 1 N–H and O–H groups in total. The van der Waals surface area contributed by atoms with Gasteiger partial charge >= 0.3 is 0 Å². The van der Waals surface area contributed by atoms with E-state index in [-0.39, 0.29) is 6.04 Å². The first-order chi connectivity index (χ1) is 8.61. The number of thiophene rings is 1. The molecule has 2 rings (SSSR count). The van der Waals surface area contributed by atoms with E-state index in [0.717, 1.165) is 17.0 Å². The molecular weight excluding hydrogens is 330 g/mol. The van der Waals surface area contributed by atoms with Gasteiger partial charge in [0.25, 0.3) is 0 Å². The highest BCUT2D eigenvalue weighted by Gasteiger charge is 2.15. The molecule has 1 aromatic heterocycles. The van der Waals surface area contributed by atoms with Crippen LogP contribution in [0.2, 0.25) is 5.02 Å². The summed E-state index contributed by atoms with van der Waals surface area (Å²) >= 11 is 11.7. The monoisotopic (exact) mass is 343 g/mol. The van der Waals surface area contributed by atoms with E-state index < -0.39 is 0 Å². The first-order valence-electron chi connectivity index (χ1n) is 5.77. The summed E-state index contributed by atoms with van der Waals surface area (Å²) in [6.07, 6.45) is 0.942. The molecule has 0 bridgehead atoms. The average Bonchev–Trinajstić information content (AvgIpc) is 2.73. The molecule has 18 heavy (non-hydrogen) atoms. The van der Waals surface area contributed by atoms with Crippen molar-refractivity contribution in [2.75, 3.05) is 7.05 Å². The fraction of sp³-hybridized carbons (Fsp3) is 0.286. The van der Waals surface area contributed by atoms with E-state index >= 15 is 0 Å². The topological polar surface area (TPSA) is 12.0 Å². The largest absolute Gasteiger partial charge is 0.313 e. The smallest absolute Gasteiger partial charge is 0.0456 e. The van der Waals surface area contributed by atoms with Gasteiger partial charge in [-0.3, -0.25) is 0 Å². The molecule has 0 amide bonds. The molecule has 0 spiro atoms. The van der Waals surface area contributed by atoms with Crippen LogP contribution in [0.1, 0.15) is 22.0 Å². The summed E-state index contributed by atoms with van der Waals surface area (Å²) in [6, 6.07) is 8.57. The van der Waals surface area contributed by atoms with E-state index in [9.17, 15) is 0 Å². The van der Waals surface area contributed by atoms with Crippen LogP contribution < -0.4 is 5.32 Å². The van der Waals surface area contributed by atoms with Crippen LogP contribution >= 0.6 is 38.9 Å². The number of nitrogens with one attached hydrogen (secondary N) is 1. The number of likely N-dealkylation sites (N-methyl/N-ethyl adjacent to an activating group) is 1. The van der Waals surface area contributed by atoms with E-state index in [1.807, 2.05) is 13.1 Å². The molecule has 0 aliphatic carbocycles. The highest BCUT2D eigenvalue weighted by atomic mass is 79.9. The zero-order valence-corrected chi connectivity index (χ0v) is 13.5. The molecule has 0 saturated heterocycles. The van der Waals surface area contributed by atoms with Crippen LogP contribution in [0.15, 0.2) is 34.1 Å². The van der Waals surface area contributed by atoms with Crippen LogP contribution in [0.4, 0.5) is 0 Å². The lowest BCUT2D eigenvalue weighted by molar-refractivity contribution is 0.596. The number of halogens is 2. The zero-order valence-electron chi connectivity index (χ0n) is 10.3. The van der Waals surface area contributed by atoms with Crippen molar-refractivity contribution in [3.05, 3.63) is 55.1 Å². The van der Waals surface area contributed by atoms with Crippen molar-refractivity contribution in [2.24, 2.45) is 0 Å². The standard InChI is InChI=1S/C14H15BrClNS/c1-9-3-4-10(12(16)7-9)13(17-2)8-14-11(15)5-6-18-14/h3-7,13,17H,8H2,1-2H3. The van der Waals surface area contributed by atoms with Gasteiger partial charge in [0.15, 0.2) is 0 Å². The summed E-state index contributed by atoms with van der Waals surface area (Å²) in [5.74, 6) is 0. The molecule has 1 nitrogen and oxygen atoms in total. The molecule has 0 radical (unpaired) electrons. The Morgan fingerprint density at radius 2 is 2.17 bits per heavy atom. The van der Waals surface area contributed by atoms with Gasteiger partial charge in [-0.05, 0) is 58.5 Å². The minimum atomic E-state index is 0.244. The Kier molecular flexibility index (Phi) is 4.84. The lowest BCUT2D eigenvalue weighted by atomic mass is 10.0. The van der Waals surface area contributed by atoms with E-state index in [4.69, 9.17) is 11.6 Å². The molecule has 1 heterocycles. The van der Waals surface area contributed by atoms with Gasteiger partial charge in [0.1, 0.15) is 0 Å². The number of hydrogen-bond acceptors (Lipinski definition) is 2. The molecule has 1 atom stereocenters. The van der Waals surface area contributed by atoms with Gasteiger partial charge in [-0.1, -0.05) is 23.7 Å². The summed E-state index contributed by atoms with van der Waals surface area (Å²) in [7, 11) is 1.97. The number of aryl methyl sites for hydroxylation is 1. The Morgan fingerprint density at radius 3 is 2.72 bits per heavy atom. The maximum absolute atomic E-state index is 6.33. The fourth-order valence-corrected chi connectivity index (χ4v) is 3.87. The van der Waals surface area contributed by atoms with Gasteiger partial charge in [-0.15, -0.1) is 11.3 Å². The van der Waals surface area contributed by atoms with Crippen molar-refractivity contribution in [3.63, 3.8) is 0 Å². The van der Waals surface area contributed by atoms with Crippen molar-refractivity contribution < 1.29 is 0 Å². The van der Waals surface area contributed by atoms with Gasteiger partial charge < -0.3 is 5.32 Å². The van der Waals surface area contributed by atoms with Gasteiger partial charge in [-0.25, -0.2) is 0 Å². The molecule has 1 aromatic carbocycles. The summed E-state index contributed by atoms with van der Waals surface area (Å²) in [6.45, 7) is 2.06. The van der Waals surface area contributed by atoms with Crippen LogP contribution in [-0.4, -0.2) is 7.05 Å². The van der Waals surface area contributed by atoms with Crippen molar-refractivity contribution in [1.29, 1.82) is 0 Å². The predicted octanol–water partition coefficient (Wildman–Crippen LogP) is 4.98. The lowest BCUT2D eigenvalue weighted by Gasteiger charge is -2.18. The molecule has 96 valence electrons. The van der Waals surface area contributed by atoms with Gasteiger partial charge in [-0.2, -0.15) is 0 Å². The van der Waals surface area contributed by atoms with Crippen LogP contribution in [-0.2, 0) is 6.42 Å². The Bertz CT molecular complexity index is 538. The Balaban J connectivity index is 2.26. The normalized spacial score (nSPS) is 12.7. The quantitative estimate of drug-likeness (QED) is 0.825. The molecule has 0 fully saturated rings. The average molecular weight is 345 g/mol. The predicted molar refractivity (Wildman–Crippen MR) is 83.7 cm³/mol. The van der Waals surface area contributed by atoms with Crippen LogP contribution in [0.25, 0.3) is 0 Å². The third-order valence-corrected chi connectivity index (χ3v) is 5.24. The molecule has 4 heteroatoms. The summed E-state index contributed by atoms with van der Waals surface area (Å²) in [4.78, 5) is 1.34. The van der Waals surface area contributed by atoms with Crippen LogP contribution in [0.5, 0.6) is 0 Å². The van der Waals surface area contributed by atoms with Gasteiger partial charge in [0, 0.05) is 26.8 Å².